The van der Waals surface area contributed by atoms with Gasteiger partial charge in [0.2, 0.25) is 21.8 Å². The van der Waals surface area contributed by atoms with Crippen molar-refractivity contribution in [3.05, 3.63) is 126 Å². The summed E-state index contributed by atoms with van der Waals surface area (Å²) < 4.78 is 32.4. The molecule has 4 aromatic rings. The van der Waals surface area contributed by atoms with E-state index in [9.17, 15) is 18.0 Å². The van der Waals surface area contributed by atoms with Crippen LogP contribution in [0.1, 0.15) is 41.8 Å². The summed E-state index contributed by atoms with van der Waals surface area (Å²) in [5.41, 5.74) is 2.41. The average Bonchev–Trinajstić information content (AvgIpc) is 3.50. The molecule has 0 fully saturated rings. The number of amides is 2. The molecule has 1 heterocycles. The molecule has 0 bridgehead atoms. The lowest BCUT2D eigenvalue weighted by Gasteiger charge is -2.31. The fraction of sp³-hybridized carbons (Fsp3) is 0.226. The highest BCUT2D eigenvalue weighted by Crippen LogP contribution is 2.25. The highest BCUT2D eigenvalue weighted by atomic mass is 32.2. The van der Waals surface area contributed by atoms with Crippen LogP contribution in [-0.2, 0) is 39.1 Å². The van der Waals surface area contributed by atoms with E-state index in [1.165, 1.54) is 12.1 Å². The Balaban J connectivity index is 1.57. The summed E-state index contributed by atoms with van der Waals surface area (Å²) in [6.45, 7) is 2.46. The second-order valence-corrected chi connectivity index (χ2v) is 11.0. The average molecular weight is 560 g/mol. The molecule has 0 spiro atoms. The maximum absolute atomic E-state index is 13.8. The number of carbonyl (C=O) groups excluding carboxylic acids is 2. The standard InChI is InChI=1S/C31H33N3O5S/c1-2-33-40(37,38)28-18-15-24(16-19-28)17-20-29(35)34(23-25-10-5-3-6-11-25)30(26-12-7-4-8-13-26)31(36)32-22-27-14-9-21-39-27/h3-16,18-19,21,30,33H,2,17,20,22-23H2,1H3,(H,32,36)/t30-/m0/s1. The van der Waals surface area contributed by atoms with Crippen molar-refractivity contribution >= 4 is 21.8 Å². The Bertz CT molecular complexity index is 1470. The van der Waals surface area contributed by atoms with Gasteiger partial charge in [-0.05, 0) is 47.4 Å². The van der Waals surface area contributed by atoms with Crippen molar-refractivity contribution < 1.29 is 22.4 Å². The molecule has 0 saturated heterocycles. The molecule has 2 amide bonds. The minimum Gasteiger partial charge on any atom is -0.467 e. The maximum Gasteiger partial charge on any atom is 0.247 e. The second-order valence-electron chi connectivity index (χ2n) is 9.26. The SMILES string of the molecule is CCNS(=O)(=O)c1ccc(CCC(=O)N(Cc2ccccc2)[C@H](C(=O)NCc2ccco2)c2ccccc2)cc1. The number of nitrogens with one attached hydrogen (secondary N) is 2. The van der Waals surface area contributed by atoms with Crippen LogP contribution in [0, 0.1) is 0 Å². The van der Waals surface area contributed by atoms with Crippen LogP contribution in [0.3, 0.4) is 0 Å². The first-order valence-corrected chi connectivity index (χ1v) is 14.6. The van der Waals surface area contributed by atoms with E-state index < -0.39 is 16.1 Å². The number of hydrogen-bond acceptors (Lipinski definition) is 5. The third kappa shape index (κ3) is 7.68. The summed E-state index contributed by atoms with van der Waals surface area (Å²) >= 11 is 0. The summed E-state index contributed by atoms with van der Waals surface area (Å²) in [7, 11) is -3.56. The Hall–Kier alpha value is -4.21. The zero-order valence-corrected chi connectivity index (χ0v) is 23.1. The smallest absolute Gasteiger partial charge is 0.247 e. The van der Waals surface area contributed by atoms with E-state index in [-0.39, 0.29) is 36.2 Å². The van der Waals surface area contributed by atoms with Crippen molar-refractivity contribution in [2.75, 3.05) is 6.54 Å². The minimum absolute atomic E-state index is 0.140. The van der Waals surface area contributed by atoms with Gasteiger partial charge in [0, 0.05) is 19.5 Å². The van der Waals surface area contributed by atoms with Crippen molar-refractivity contribution in [3.8, 4) is 0 Å². The van der Waals surface area contributed by atoms with Crippen LogP contribution < -0.4 is 10.0 Å². The number of aryl methyl sites for hydroxylation is 1. The zero-order valence-electron chi connectivity index (χ0n) is 22.3. The molecule has 8 nitrogen and oxygen atoms in total. The number of nitrogens with zero attached hydrogens (tertiary/aromatic N) is 1. The highest BCUT2D eigenvalue weighted by Gasteiger charge is 2.31. The Morgan fingerprint density at radius 1 is 0.850 bits per heavy atom. The van der Waals surface area contributed by atoms with E-state index >= 15 is 0 Å². The molecule has 0 aliphatic carbocycles. The van der Waals surface area contributed by atoms with Crippen LogP contribution in [0.4, 0.5) is 0 Å². The Morgan fingerprint density at radius 3 is 2.15 bits per heavy atom. The number of sulfonamides is 1. The third-order valence-corrected chi connectivity index (χ3v) is 7.97. The third-order valence-electron chi connectivity index (χ3n) is 6.40. The van der Waals surface area contributed by atoms with Gasteiger partial charge in [-0.15, -0.1) is 0 Å². The van der Waals surface area contributed by atoms with Crippen LogP contribution in [0.2, 0.25) is 0 Å². The Kier molecular flexibility index (Phi) is 9.88. The largest absolute Gasteiger partial charge is 0.467 e. The Morgan fingerprint density at radius 2 is 1.52 bits per heavy atom. The fourth-order valence-electron chi connectivity index (χ4n) is 4.40. The van der Waals surface area contributed by atoms with Gasteiger partial charge in [-0.1, -0.05) is 79.7 Å². The molecule has 4 rings (SSSR count). The zero-order chi connectivity index (χ0) is 28.4. The summed E-state index contributed by atoms with van der Waals surface area (Å²) in [5, 5.41) is 2.92. The van der Waals surface area contributed by atoms with Gasteiger partial charge in [-0.2, -0.15) is 0 Å². The molecule has 0 saturated carbocycles. The summed E-state index contributed by atoms with van der Waals surface area (Å²) in [4.78, 5) is 29.2. The highest BCUT2D eigenvalue weighted by molar-refractivity contribution is 7.89. The second kappa shape index (κ2) is 13.7. The number of rotatable bonds is 13. The van der Waals surface area contributed by atoms with Crippen molar-refractivity contribution in [2.24, 2.45) is 0 Å². The monoisotopic (exact) mass is 559 g/mol. The first-order chi connectivity index (χ1) is 19.4. The van der Waals surface area contributed by atoms with Gasteiger partial charge < -0.3 is 14.6 Å². The van der Waals surface area contributed by atoms with Crippen LogP contribution in [0.25, 0.3) is 0 Å². The van der Waals surface area contributed by atoms with Crippen molar-refractivity contribution in [3.63, 3.8) is 0 Å². The Labute approximate surface area is 235 Å². The predicted molar refractivity (Wildman–Crippen MR) is 152 cm³/mol. The molecule has 1 atom stereocenters. The normalized spacial score (nSPS) is 12.0. The summed E-state index contributed by atoms with van der Waals surface area (Å²) in [6, 6.07) is 27.9. The van der Waals surface area contributed by atoms with E-state index in [2.05, 4.69) is 10.0 Å². The van der Waals surface area contributed by atoms with Gasteiger partial charge in [0.05, 0.1) is 17.7 Å². The fourth-order valence-corrected chi connectivity index (χ4v) is 5.44. The van der Waals surface area contributed by atoms with E-state index in [1.54, 1.807) is 42.4 Å². The van der Waals surface area contributed by atoms with Crippen molar-refractivity contribution in [1.82, 2.24) is 14.9 Å². The van der Waals surface area contributed by atoms with Crippen molar-refractivity contribution in [2.45, 2.75) is 43.8 Å². The molecule has 3 aromatic carbocycles. The van der Waals surface area contributed by atoms with Gasteiger partial charge in [-0.25, -0.2) is 13.1 Å². The van der Waals surface area contributed by atoms with E-state index in [4.69, 9.17) is 4.42 Å². The van der Waals surface area contributed by atoms with E-state index in [0.29, 0.717) is 24.3 Å². The topological polar surface area (TPSA) is 109 Å². The molecule has 0 radical (unpaired) electrons. The lowest BCUT2D eigenvalue weighted by molar-refractivity contribution is -0.141. The predicted octanol–water partition coefficient (Wildman–Crippen LogP) is 4.60. The maximum atomic E-state index is 13.8. The lowest BCUT2D eigenvalue weighted by Crippen LogP contribution is -2.43. The van der Waals surface area contributed by atoms with Crippen molar-refractivity contribution in [1.29, 1.82) is 0 Å². The molecule has 1 aromatic heterocycles. The van der Waals surface area contributed by atoms with Gasteiger partial charge >= 0.3 is 0 Å². The molecule has 0 unspecified atom stereocenters. The number of carbonyl (C=O) groups is 2. The minimum atomic E-state index is -3.56. The van der Waals surface area contributed by atoms with Gasteiger partial charge in [0.15, 0.2) is 0 Å². The van der Waals surface area contributed by atoms with Gasteiger partial charge in [-0.3, -0.25) is 9.59 Å². The van der Waals surface area contributed by atoms with E-state index in [1.807, 2.05) is 60.7 Å². The van der Waals surface area contributed by atoms with E-state index in [0.717, 1.165) is 11.1 Å². The molecule has 9 heteroatoms. The summed E-state index contributed by atoms with van der Waals surface area (Å²) in [6.07, 6.45) is 2.08. The molecule has 0 aliphatic heterocycles. The molecule has 208 valence electrons. The quantitative estimate of drug-likeness (QED) is 0.249. The van der Waals surface area contributed by atoms with Crippen LogP contribution >= 0.6 is 0 Å². The van der Waals surface area contributed by atoms with Crippen LogP contribution in [0.5, 0.6) is 0 Å². The lowest BCUT2D eigenvalue weighted by atomic mass is 10.0. The molecule has 0 aliphatic rings. The van der Waals surface area contributed by atoms with Gasteiger partial charge in [0.25, 0.3) is 0 Å². The first kappa shape index (κ1) is 28.8. The number of furan rings is 1. The van der Waals surface area contributed by atoms with Crippen LogP contribution in [-0.4, -0.2) is 31.7 Å². The number of benzene rings is 3. The van der Waals surface area contributed by atoms with Gasteiger partial charge in [0.1, 0.15) is 11.8 Å². The summed E-state index contributed by atoms with van der Waals surface area (Å²) in [5.74, 6) is 0.0979. The molecule has 40 heavy (non-hydrogen) atoms. The van der Waals surface area contributed by atoms with Crippen LogP contribution in [0.15, 0.2) is 113 Å². The molecular weight excluding hydrogens is 526 g/mol. The molecule has 2 N–H and O–H groups in total. The molecular formula is C31H33N3O5S. The number of hydrogen-bond donors (Lipinski definition) is 2. The first-order valence-electron chi connectivity index (χ1n) is 13.1.